The topological polar surface area (TPSA) is 55.8 Å². The van der Waals surface area contributed by atoms with Gasteiger partial charge < -0.3 is 14.6 Å². The van der Waals surface area contributed by atoms with Gasteiger partial charge in [0.2, 0.25) is 0 Å². The number of hydrogen-bond acceptors (Lipinski definition) is 4. The summed E-state index contributed by atoms with van der Waals surface area (Å²) >= 11 is 0. The van der Waals surface area contributed by atoms with Gasteiger partial charge in [0.15, 0.2) is 0 Å². The lowest BCUT2D eigenvalue weighted by Gasteiger charge is -2.09. The molecule has 2 rings (SSSR count). The minimum absolute atomic E-state index is 0.0427. The molecule has 1 saturated heterocycles. The molecule has 0 aliphatic carbocycles. The Kier molecular flexibility index (Phi) is 3.41. The van der Waals surface area contributed by atoms with Crippen LogP contribution in [0.4, 0.5) is 0 Å². The maximum absolute atomic E-state index is 11.6. The summed E-state index contributed by atoms with van der Waals surface area (Å²) in [6.07, 6.45) is 2.02. The Morgan fingerprint density at radius 2 is 2.19 bits per heavy atom. The molecule has 0 bridgehead atoms. The van der Waals surface area contributed by atoms with Gasteiger partial charge in [-0.2, -0.15) is 0 Å². The van der Waals surface area contributed by atoms with Crippen molar-refractivity contribution in [1.82, 2.24) is 0 Å². The zero-order valence-electron chi connectivity index (χ0n) is 8.89. The average molecular weight is 222 g/mol. The highest BCUT2D eigenvalue weighted by atomic mass is 16.6. The van der Waals surface area contributed by atoms with Gasteiger partial charge in [0, 0.05) is 6.61 Å². The number of carbonyl (C=O) groups excluding carboxylic acids is 1. The van der Waals surface area contributed by atoms with Crippen LogP contribution in [0.3, 0.4) is 0 Å². The van der Waals surface area contributed by atoms with Crippen molar-refractivity contribution in [1.29, 1.82) is 0 Å². The second kappa shape index (κ2) is 4.99. The molecule has 16 heavy (non-hydrogen) atoms. The fourth-order valence-corrected chi connectivity index (χ4v) is 1.63. The third-order valence-electron chi connectivity index (χ3n) is 2.53. The van der Waals surface area contributed by atoms with E-state index in [0.717, 1.165) is 19.4 Å². The van der Waals surface area contributed by atoms with Gasteiger partial charge in [0.1, 0.15) is 12.4 Å². The van der Waals surface area contributed by atoms with E-state index in [2.05, 4.69) is 0 Å². The normalized spacial score (nSPS) is 19.6. The van der Waals surface area contributed by atoms with Crippen LogP contribution in [0.25, 0.3) is 0 Å². The summed E-state index contributed by atoms with van der Waals surface area (Å²) in [5.74, 6) is -0.244. The van der Waals surface area contributed by atoms with Crippen molar-refractivity contribution < 1.29 is 19.4 Å². The van der Waals surface area contributed by atoms with E-state index in [1.54, 1.807) is 0 Å². The molecule has 86 valence electrons. The predicted octanol–water partition coefficient (Wildman–Crippen LogP) is 1.73. The van der Waals surface area contributed by atoms with Crippen molar-refractivity contribution in [3.63, 3.8) is 0 Å². The van der Waals surface area contributed by atoms with Crippen LogP contribution in [-0.4, -0.2) is 30.4 Å². The fraction of sp³-hybridized carbons (Fsp3) is 0.417. The SMILES string of the molecule is O=C(OC[C@H]1CCCO1)c1ccc(O)cc1. The van der Waals surface area contributed by atoms with Crippen LogP contribution in [0.15, 0.2) is 24.3 Å². The number of carbonyl (C=O) groups is 1. The number of phenols is 1. The molecule has 1 fully saturated rings. The van der Waals surface area contributed by atoms with Crippen LogP contribution in [0.2, 0.25) is 0 Å². The number of esters is 1. The predicted molar refractivity (Wildman–Crippen MR) is 57.4 cm³/mol. The average Bonchev–Trinajstić information content (AvgIpc) is 2.80. The maximum Gasteiger partial charge on any atom is 0.338 e. The molecule has 1 atom stereocenters. The van der Waals surface area contributed by atoms with Crippen molar-refractivity contribution in [3.05, 3.63) is 29.8 Å². The molecule has 1 heterocycles. The Hall–Kier alpha value is -1.55. The van der Waals surface area contributed by atoms with E-state index >= 15 is 0 Å². The van der Waals surface area contributed by atoms with Gasteiger partial charge in [-0.1, -0.05) is 0 Å². The van der Waals surface area contributed by atoms with Gasteiger partial charge >= 0.3 is 5.97 Å². The number of benzene rings is 1. The van der Waals surface area contributed by atoms with E-state index in [9.17, 15) is 4.79 Å². The monoisotopic (exact) mass is 222 g/mol. The molecule has 0 amide bonds. The highest BCUT2D eigenvalue weighted by Crippen LogP contribution is 2.14. The van der Waals surface area contributed by atoms with Crippen LogP contribution in [0, 0.1) is 0 Å². The van der Waals surface area contributed by atoms with Crippen molar-refractivity contribution in [3.8, 4) is 5.75 Å². The number of hydrogen-bond donors (Lipinski definition) is 1. The molecule has 0 unspecified atom stereocenters. The van der Waals surface area contributed by atoms with Gasteiger partial charge in [0.05, 0.1) is 11.7 Å². The lowest BCUT2D eigenvalue weighted by molar-refractivity contribution is 0.0161. The maximum atomic E-state index is 11.6. The third kappa shape index (κ3) is 2.73. The summed E-state index contributed by atoms with van der Waals surface area (Å²) in [5.41, 5.74) is 0.441. The summed E-state index contributed by atoms with van der Waals surface area (Å²) in [7, 11) is 0. The molecule has 4 nitrogen and oxygen atoms in total. The van der Waals surface area contributed by atoms with E-state index in [1.807, 2.05) is 0 Å². The van der Waals surface area contributed by atoms with E-state index in [0.29, 0.717) is 12.2 Å². The Morgan fingerprint density at radius 1 is 1.44 bits per heavy atom. The minimum atomic E-state index is -0.379. The second-order valence-corrected chi connectivity index (χ2v) is 3.78. The number of rotatable bonds is 3. The first-order valence-corrected chi connectivity index (χ1v) is 5.33. The first kappa shape index (κ1) is 11.0. The second-order valence-electron chi connectivity index (χ2n) is 3.78. The van der Waals surface area contributed by atoms with Crippen LogP contribution in [0.5, 0.6) is 5.75 Å². The number of ether oxygens (including phenoxy) is 2. The van der Waals surface area contributed by atoms with E-state index < -0.39 is 0 Å². The molecule has 1 aliphatic rings. The lowest BCUT2D eigenvalue weighted by atomic mass is 10.2. The van der Waals surface area contributed by atoms with E-state index in [-0.39, 0.29) is 17.8 Å². The molecule has 1 N–H and O–H groups in total. The van der Waals surface area contributed by atoms with Gasteiger partial charge in [-0.25, -0.2) is 4.79 Å². The standard InChI is InChI=1S/C12H14O4/c13-10-5-3-9(4-6-10)12(14)16-8-11-2-1-7-15-11/h3-6,11,13H,1-2,7-8H2/t11-/m1/s1. The summed E-state index contributed by atoms with van der Waals surface area (Å²) in [4.78, 5) is 11.6. The van der Waals surface area contributed by atoms with Gasteiger partial charge in [-0.3, -0.25) is 0 Å². The molecule has 4 heteroatoms. The summed E-state index contributed by atoms with van der Waals surface area (Å²) in [5, 5.41) is 9.07. The van der Waals surface area contributed by atoms with Crippen LogP contribution in [0.1, 0.15) is 23.2 Å². The summed E-state index contributed by atoms with van der Waals surface area (Å²) in [6.45, 7) is 1.06. The zero-order chi connectivity index (χ0) is 11.4. The smallest absolute Gasteiger partial charge is 0.338 e. The van der Waals surface area contributed by atoms with Crippen molar-refractivity contribution in [2.75, 3.05) is 13.2 Å². The molecular formula is C12H14O4. The van der Waals surface area contributed by atoms with Crippen LogP contribution in [-0.2, 0) is 9.47 Å². The summed E-state index contributed by atoms with van der Waals surface area (Å²) < 4.78 is 10.4. The molecular weight excluding hydrogens is 208 g/mol. The molecule has 1 aromatic rings. The Morgan fingerprint density at radius 3 is 2.81 bits per heavy atom. The van der Waals surface area contributed by atoms with Crippen LogP contribution < -0.4 is 0 Å². The Bertz CT molecular complexity index is 352. The molecule has 1 aromatic carbocycles. The Labute approximate surface area is 93.8 Å². The van der Waals surface area contributed by atoms with Gasteiger partial charge in [0.25, 0.3) is 0 Å². The molecule has 0 aromatic heterocycles. The fourth-order valence-electron chi connectivity index (χ4n) is 1.63. The van der Waals surface area contributed by atoms with Gasteiger partial charge in [-0.15, -0.1) is 0 Å². The van der Waals surface area contributed by atoms with Gasteiger partial charge in [-0.05, 0) is 37.1 Å². The largest absolute Gasteiger partial charge is 0.508 e. The Balaban J connectivity index is 1.85. The molecule has 1 aliphatic heterocycles. The lowest BCUT2D eigenvalue weighted by Crippen LogP contribution is -2.17. The number of phenolic OH excluding ortho intramolecular Hbond substituents is 1. The molecule has 0 spiro atoms. The first-order chi connectivity index (χ1) is 7.75. The third-order valence-corrected chi connectivity index (χ3v) is 2.53. The van der Waals surface area contributed by atoms with Crippen LogP contribution >= 0.6 is 0 Å². The molecule has 0 saturated carbocycles. The highest BCUT2D eigenvalue weighted by Gasteiger charge is 2.17. The van der Waals surface area contributed by atoms with Crippen molar-refractivity contribution in [2.45, 2.75) is 18.9 Å². The highest BCUT2D eigenvalue weighted by molar-refractivity contribution is 5.89. The molecule has 0 radical (unpaired) electrons. The quantitative estimate of drug-likeness (QED) is 0.791. The zero-order valence-corrected chi connectivity index (χ0v) is 8.89. The minimum Gasteiger partial charge on any atom is -0.508 e. The summed E-state index contributed by atoms with van der Waals surface area (Å²) in [6, 6.07) is 5.99. The first-order valence-electron chi connectivity index (χ1n) is 5.33. The number of aromatic hydroxyl groups is 1. The van der Waals surface area contributed by atoms with E-state index in [1.165, 1.54) is 24.3 Å². The van der Waals surface area contributed by atoms with Crippen molar-refractivity contribution >= 4 is 5.97 Å². The van der Waals surface area contributed by atoms with Crippen molar-refractivity contribution in [2.24, 2.45) is 0 Å². The van der Waals surface area contributed by atoms with E-state index in [4.69, 9.17) is 14.6 Å².